The van der Waals surface area contributed by atoms with E-state index in [4.69, 9.17) is 0 Å². The van der Waals surface area contributed by atoms with Crippen LogP contribution in [0.5, 0.6) is 0 Å². The summed E-state index contributed by atoms with van der Waals surface area (Å²) in [4.78, 5) is 0. The molecule has 1 aromatic rings. The third-order valence-electron chi connectivity index (χ3n) is 2.55. The molecule has 1 saturated carbocycles. The quantitative estimate of drug-likeness (QED) is 0.750. The van der Waals surface area contributed by atoms with E-state index in [1.165, 1.54) is 12.1 Å². The molecule has 1 aliphatic carbocycles. The molecular weight excluding hydrogens is 222 g/mol. The maximum absolute atomic E-state index is 13.0. The molecule has 5 heteroatoms. The molecule has 0 radical (unpaired) electrons. The highest BCUT2D eigenvalue weighted by atomic mass is 32.3. The minimum Gasteiger partial charge on any atom is -0.207 e. The summed E-state index contributed by atoms with van der Waals surface area (Å²) in [6, 6.07) is 4.96. The van der Waals surface area contributed by atoms with Gasteiger partial charge < -0.3 is 0 Å². The zero-order valence-corrected chi connectivity index (χ0v) is 8.68. The molecule has 0 N–H and O–H groups in total. The average Bonchev–Trinajstić information content (AvgIpc) is 2.90. The summed E-state index contributed by atoms with van der Waals surface area (Å²) in [7, 11) is -4.59. The Hall–Kier alpha value is -0.970. The molecule has 0 amide bonds. The van der Waals surface area contributed by atoms with E-state index in [1.54, 1.807) is 0 Å². The highest BCUT2D eigenvalue weighted by Crippen LogP contribution is 2.46. The molecule has 15 heavy (non-hydrogen) atoms. The molecule has 0 saturated heterocycles. The van der Waals surface area contributed by atoms with Gasteiger partial charge in [-0.25, -0.2) is 4.39 Å². The third-order valence-corrected chi connectivity index (χ3v) is 3.82. The van der Waals surface area contributed by atoms with Crippen molar-refractivity contribution >= 4 is 10.2 Å². The van der Waals surface area contributed by atoms with E-state index in [-0.39, 0.29) is 5.92 Å². The molecule has 0 aromatic heterocycles. The van der Waals surface area contributed by atoms with Gasteiger partial charge in [0.05, 0.1) is 0 Å². The van der Waals surface area contributed by atoms with Gasteiger partial charge in [-0.05, 0) is 36.5 Å². The largest absolute Gasteiger partial charge is 0.309 e. The molecule has 1 atom stereocenters. The Labute approximate surface area is 87.1 Å². The molecule has 1 unspecified atom stereocenters. The van der Waals surface area contributed by atoms with Crippen molar-refractivity contribution in [3.05, 3.63) is 35.6 Å². The summed E-state index contributed by atoms with van der Waals surface area (Å²) in [5.74, 6) is -0.602. The van der Waals surface area contributed by atoms with Crippen LogP contribution in [0.15, 0.2) is 24.3 Å². The Morgan fingerprint density at radius 3 is 2.13 bits per heavy atom. The van der Waals surface area contributed by atoms with E-state index in [0.29, 0.717) is 18.4 Å². The molecular formula is C10H10F2O2S. The van der Waals surface area contributed by atoms with Gasteiger partial charge in [-0.1, -0.05) is 12.1 Å². The fourth-order valence-electron chi connectivity index (χ4n) is 1.72. The Balaban J connectivity index is 2.37. The van der Waals surface area contributed by atoms with Crippen LogP contribution in [-0.2, 0) is 10.2 Å². The van der Waals surface area contributed by atoms with Gasteiger partial charge in [0.25, 0.3) is 0 Å². The van der Waals surface area contributed by atoms with Crippen molar-refractivity contribution in [2.75, 3.05) is 0 Å². The van der Waals surface area contributed by atoms with Crippen LogP contribution in [0.2, 0.25) is 0 Å². The van der Waals surface area contributed by atoms with Crippen LogP contribution >= 0.6 is 0 Å². The Bertz CT molecular complexity index is 449. The highest BCUT2D eigenvalue weighted by Gasteiger charge is 2.41. The van der Waals surface area contributed by atoms with Gasteiger partial charge in [0.1, 0.15) is 11.1 Å². The second-order valence-electron chi connectivity index (χ2n) is 3.79. The van der Waals surface area contributed by atoms with E-state index in [1.807, 2.05) is 0 Å². The van der Waals surface area contributed by atoms with Crippen LogP contribution < -0.4 is 0 Å². The van der Waals surface area contributed by atoms with E-state index in [2.05, 4.69) is 0 Å². The average molecular weight is 232 g/mol. The Morgan fingerprint density at radius 2 is 1.73 bits per heavy atom. The predicted molar refractivity (Wildman–Crippen MR) is 51.9 cm³/mol. The molecule has 82 valence electrons. The first-order chi connectivity index (χ1) is 6.98. The normalized spacial score (nSPS) is 18.8. The second-order valence-corrected chi connectivity index (χ2v) is 5.24. The molecule has 0 spiro atoms. The third kappa shape index (κ3) is 2.34. The van der Waals surface area contributed by atoms with Gasteiger partial charge in [-0.3, -0.25) is 0 Å². The molecule has 0 bridgehead atoms. The standard InChI is InChI=1S/C10H10F2O2S/c11-9-5-3-8(4-6-9)10(7-1-2-7)15(12,13)14/h3-7,10H,1-2H2. The molecule has 2 rings (SSSR count). The topological polar surface area (TPSA) is 34.1 Å². The number of benzene rings is 1. The molecule has 0 aliphatic heterocycles. The Kier molecular flexibility index (Phi) is 2.50. The van der Waals surface area contributed by atoms with Crippen LogP contribution in [0.4, 0.5) is 8.28 Å². The molecule has 1 aromatic carbocycles. The molecule has 1 aliphatic rings. The van der Waals surface area contributed by atoms with Crippen LogP contribution in [0, 0.1) is 11.7 Å². The minimum absolute atomic E-state index is 0.148. The van der Waals surface area contributed by atoms with Crippen LogP contribution in [0.25, 0.3) is 0 Å². The first kappa shape index (κ1) is 10.5. The van der Waals surface area contributed by atoms with Crippen molar-refractivity contribution < 1.29 is 16.7 Å². The second kappa shape index (κ2) is 3.56. The summed E-state index contributed by atoms with van der Waals surface area (Å²) in [6.45, 7) is 0. The predicted octanol–water partition coefficient (Wildman–Crippen LogP) is 2.58. The zero-order chi connectivity index (χ0) is 11.1. The van der Waals surface area contributed by atoms with E-state index in [9.17, 15) is 16.7 Å². The molecule has 1 fully saturated rings. The van der Waals surface area contributed by atoms with Crippen molar-refractivity contribution in [2.24, 2.45) is 5.92 Å². The lowest BCUT2D eigenvalue weighted by atomic mass is 10.1. The van der Waals surface area contributed by atoms with Gasteiger partial charge in [-0.2, -0.15) is 8.42 Å². The van der Waals surface area contributed by atoms with E-state index >= 15 is 0 Å². The van der Waals surface area contributed by atoms with E-state index in [0.717, 1.165) is 12.1 Å². The zero-order valence-electron chi connectivity index (χ0n) is 7.86. The first-order valence-electron chi connectivity index (χ1n) is 4.67. The maximum atomic E-state index is 13.0. The maximum Gasteiger partial charge on any atom is 0.309 e. The summed E-state index contributed by atoms with van der Waals surface area (Å²) in [6.07, 6.45) is 1.43. The summed E-state index contributed by atoms with van der Waals surface area (Å²) < 4.78 is 47.5. The lowest BCUT2D eigenvalue weighted by Crippen LogP contribution is -2.10. The number of hydrogen-bond donors (Lipinski definition) is 0. The molecule has 2 nitrogen and oxygen atoms in total. The van der Waals surface area contributed by atoms with Crippen molar-refractivity contribution in [1.82, 2.24) is 0 Å². The van der Waals surface area contributed by atoms with Gasteiger partial charge in [0.15, 0.2) is 0 Å². The van der Waals surface area contributed by atoms with Crippen molar-refractivity contribution in [3.8, 4) is 0 Å². The number of rotatable bonds is 3. The van der Waals surface area contributed by atoms with Gasteiger partial charge in [-0.15, -0.1) is 3.89 Å². The van der Waals surface area contributed by atoms with Gasteiger partial charge in [0, 0.05) is 0 Å². The lowest BCUT2D eigenvalue weighted by molar-refractivity contribution is 0.525. The van der Waals surface area contributed by atoms with Crippen LogP contribution in [0.3, 0.4) is 0 Å². The van der Waals surface area contributed by atoms with Crippen molar-refractivity contribution in [1.29, 1.82) is 0 Å². The van der Waals surface area contributed by atoms with Gasteiger partial charge >= 0.3 is 10.2 Å². The monoisotopic (exact) mass is 232 g/mol. The van der Waals surface area contributed by atoms with Crippen LogP contribution in [-0.4, -0.2) is 8.42 Å². The van der Waals surface area contributed by atoms with Crippen molar-refractivity contribution in [2.45, 2.75) is 18.1 Å². The smallest absolute Gasteiger partial charge is 0.207 e. The number of hydrogen-bond acceptors (Lipinski definition) is 2. The minimum atomic E-state index is -4.59. The Morgan fingerprint density at radius 1 is 1.20 bits per heavy atom. The number of halogens is 2. The summed E-state index contributed by atoms with van der Waals surface area (Å²) in [5, 5.41) is -1.11. The van der Waals surface area contributed by atoms with Gasteiger partial charge in [0.2, 0.25) is 0 Å². The fraction of sp³-hybridized carbons (Fsp3) is 0.400. The SMILES string of the molecule is O=S(=O)(F)C(c1ccc(F)cc1)C1CC1. The fourth-order valence-corrected chi connectivity index (χ4v) is 2.93. The summed E-state index contributed by atoms with van der Waals surface area (Å²) >= 11 is 0. The lowest BCUT2D eigenvalue weighted by Gasteiger charge is -2.11. The van der Waals surface area contributed by atoms with Crippen molar-refractivity contribution in [3.63, 3.8) is 0 Å². The van der Waals surface area contributed by atoms with E-state index < -0.39 is 21.3 Å². The highest BCUT2D eigenvalue weighted by molar-refractivity contribution is 7.86. The van der Waals surface area contributed by atoms with Crippen LogP contribution in [0.1, 0.15) is 23.7 Å². The summed E-state index contributed by atoms with van der Waals surface area (Å²) in [5.41, 5.74) is 0.335. The molecule has 0 heterocycles. The first-order valence-corrected chi connectivity index (χ1v) is 6.12.